The molecule has 3 aromatic rings. The second-order valence-electron chi connectivity index (χ2n) is 4.56. The topological polar surface area (TPSA) is 53.9 Å². The molecule has 0 spiro atoms. The third kappa shape index (κ3) is 3.03. The Morgan fingerprint density at radius 3 is 2.95 bits per heavy atom. The summed E-state index contributed by atoms with van der Waals surface area (Å²) in [6.45, 7) is 1.74. The molecule has 2 heterocycles. The molecule has 0 fully saturated rings. The van der Waals surface area contributed by atoms with Gasteiger partial charge in [-0.15, -0.1) is 0 Å². The van der Waals surface area contributed by atoms with Crippen molar-refractivity contribution >= 4 is 11.0 Å². The fraction of sp³-hybridized carbons (Fsp3) is 0.267. The highest BCUT2D eigenvalue weighted by molar-refractivity contribution is 5.74. The summed E-state index contributed by atoms with van der Waals surface area (Å²) in [5.41, 5.74) is 2.15. The van der Waals surface area contributed by atoms with Crippen molar-refractivity contribution in [2.45, 2.75) is 19.4 Å². The smallest absolute Gasteiger partial charge is 0.117 e. The Labute approximate surface area is 111 Å². The average molecular weight is 255 g/mol. The number of hydrogen-bond donors (Lipinski definition) is 2. The zero-order valence-corrected chi connectivity index (χ0v) is 10.7. The lowest BCUT2D eigenvalue weighted by molar-refractivity contribution is 0.481. The number of rotatable bonds is 6. The number of aromatic nitrogens is 2. The first-order chi connectivity index (χ1) is 9.42. The molecule has 0 unspecified atom stereocenters. The summed E-state index contributed by atoms with van der Waals surface area (Å²) in [4.78, 5) is 7.90. The van der Waals surface area contributed by atoms with Gasteiger partial charge in [0.15, 0.2) is 0 Å². The lowest BCUT2D eigenvalue weighted by Crippen LogP contribution is -2.15. The monoisotopic (exact) mass is 255 g/mol. The maximum Gasteiger partial charge on any atom is 0.117 e. The molecule has 1 aromatic carbocycles. The molecule has 0 saturated carbocycles. The van der Waals surface area contributed by atoms with Crippen molar-refractivity contribution < 1.29 is 4.42 Å². The third-order valence-corrected chi connectivity index (χ3v) is 3.08. The van der Waals surface area contributed by atoms with E-state index in [1.807, 2.05) is 30.3 Å². The van der Waals surface area contributed by atoms with Crippen molar-refractivity contribution in [1.29, 1.82) is 0 Å². The summed E-state index contributed by atoms with van der Waals surface area (Å²) < 4.78 is 5.26. The van der Waals surface area contributed by atoms with Gasteiger partial charge in [-0.1, -0.05) is 12.1 Å². The van der Waals surface area contributed by atoms with Gasteiger partial charge in [-0.2, -0.15) is 0 Å². The zero-order chi connectivity index (χ0) is 12.9. The fourth-order valence-corrected chi connectivity index (χ4v) is 2.13. The van der Waals surface area contributed by atoms with Crippen molar-refractivity contribution in [3.63, 3.8) is 0 Å². The van der Waals surface area contributed by atoms with E-state index in [9.17, 15) is 0 Å². The van der Waals surface area contributed by atoms with Crippen LogP contribution in [-0.2, 0) is 13.0 Å². The van der Waals surface area contributed by atoms with Gasteiger partial charge in [0.25, 0.3) is 0 Å². The average Bonchev–Trinajstić information content (AvgIpc) is 3.06. The van der Waals surface area contributed by atoms with Crippen LogP contribution in [0.2, 0.25) is 0 Å². The van der Waals surface area contributed by atoms with Gasteiger partial charge in [-0.25, -0.2) is 4.98 Å². The standard InChI is InChI=1S/C15H17N3O/c1-2-7-14-13(6-1)17-15(18-14)8-3-9-16-11-12-5-4-10-19-12/h1-2,4-7,10,16H,3,8-9,11H2,(H,17,18). The first-order valence-corrected chi connectivity index (χ1v) is 6.58. The Balaban J connectivity index is 1.44. The number of imidazole rings is 1. The van der Waals surface area contributed by atoms with Gasteiger partial charge in [-0.05, 0) is 37.2 Å². The number of benzene rings is 1. The molecule has 2 N–H and O–H groups in total. The predicted octanol–water partition coefficient (Wildman–Crippen LogP) is 2.88. The van der Waals surface area contributed by atoms with Crippen LogP contribution in [-0.4, -0.2) is 16.5 Å². The van der Waals surface area contributed by atoms with Crippen LogP contribution in [0.4, 0.5) is 0 Å². The number of H-pyrrole nitrogens is 1. The van der Waals surface area contributed by atoms with E-state index in [2.05, 4.69) is 21.4 Å². The van der Waals surface area contributed by atoms with E-state index >= 15 is 0 Å². The summed E-state index contributed by atoms with van der Waals surface area (Å²) in [5.74, 6) is 2.03. The fourth-order valence-electron chi connectivity index (χ4n) is 2.13. The van der Waals surface area contributed by atoms with Crippen molar-refractivity contribution in [2.24, 2.45) is 0 Å². The van der Waals surface area contributed by atoms with Crippen molar-refractivity contribution in [3.8, 4) is 0 Å². The second-order valence-corrected chi connectivity index (χ2v) is 4.56. The van der Waals surface area contributed by atoms with Crippen LogP contribution in [0.3, 0.4) is 0 Å². The van der Waals surface area contributed by atoms with Crippen LogP contribution in [0.25, 0.3) is 11.0 Å². The lowest BCUT2D eigenvalue weighted by Gasteiger charge is -2.01. The third-order valence-electron chi connectivity index (χ3n) is 3.08. The van der Waals surface area contributed by atoms with Crippen molar-refractivity contribution in [1.82, 2.24) is 15.3 Å². The number of fused-ring (bicyclic) bond motifs is 1. The molecule has 0 amide bonds. The van der Waals surface area contributed by atoms with E-state index < -0.39 is 0 Å². The van der Waals surface area contributed by atoms with Gasteiger partial charge in [0.2, 0.25) is 0 Å². The number of aromatic amines is 1. The molecule has 0 aliphatic carbocycles. The first-order valence-electron chi connectivity index (χ1n) is 6.58. The normalized spacial score (nSPS) is 11.2. The number of para-hydroxylation sites is 2. The number of nitrogens with zero attached hydrogens (tertiary/aromatic N) is 1. The second kappa shape index (κ2) is 5.71. The van der Waals surface area contributed by atoms with Crippen LogP contribution in [0.15, 0.2) is 47.1 Å². The largest absolute Gasteiger partial charge is 0.468 e. The predicted molar refractivity (Wildman–Crippen MR) is 74.8 cm³/mol. The van der Waals surface area contributed by atoms with E-state index in [1.165, 1.54) is 0 Å². The van der Waals surface area contributed by atoms with E-state index in [0.29, 0.717) is 0 Å². The highest BCUT2D eigenvalue weighted by Gasteiger charge is 2.01. The molecular weight excluding hydrogens is 238 g/mol. The SMILES string of the molecule is c1coc(CNCCCc2nc3ccccc3[nH]2)c1. The first kappa shape index (κ1) is 12.0. The van der Waals surface area contributed by atoms with Crippen LogP contribution < -0.4 is 5.32 Å². The van der Waals surface area contributed by atoms with Crippen molar-refractivity contribution in [2.75, 3.05) is 6.54 Å². The van der Waals surface area contributed by atoms with Gasteiger partial charge in [0, 0.05) is 6.42 Å². The maximum absolute atomic E-state index is 5.26. The number of aryl methyl sites for hydroxylation is 1. The Bertz CT molecular complexity index is 595. The Kier molecular flexibility index (Phi) is 3.61. The molecule has 98 valence electrons. The van der Waals surface area contributed by atoms with E-state index in [-0.39, 0.29) is 0 Å². The summed E-state index contributed by atoms with van der Waals surface area (Å²) in [5, 5.41) is 3.36. The molecule has 19 heavy (non-hydrogen) atoms. The van der Waals surface area contributed by atoms with Crippen LogP contribution >= 0.6 is 0 Å². The van der Waals surface area contributed by atoms with Gasteiger partial charge in [0.05, 0.1) is 23.8 Å². The Hall–Kier alpha value is -2.07. The van der Waals surface area contributed by atoms with Gasteiger partial charge in [-0.3, -0.25) is 0 Å². The van der Waals surface area contributed by atoms with E-state index in [1.54, 1.807) is 6.26 Å². The Morgan fingerprint density at radius 1 is 1.16 bits per heavy atom. The molecule has 3 rings (SSSR count). The highest BCUT2D eigenvalue weighted by atomic mass is 16.3. The summed E-state index contributed by atoms with van der Waals surface area (Å²) in [7, 11) is 0. The minimum Gasteiger partial charge on any atom is -0.468 e. The molecule has 2 aromatic heterocycles. The number of hydrogen-bond acceptors (Lipinski definition) is 3. The maximum atomic E-state index is 5.26. The lowest BCUT2D eigenvalue weighted by atomic mass is 10.3. The molecule has 0 aliphatic rings. The molecule has 0 bridgehead atoms. The summed E-state index contributed by atoms with van der Waals surface area (Å²) in [6, 6.07) is 12.0. The molecule has 0 atom stereocenters. The summed E-state index contributed by atoms with van der Waals surface area (Å²) >= 11 is 0. The quantitative estimate of drug-likeness (QED) is 0.666. The zero-order valence-electron chi connectivity index (χ0n) is 10.7. The van der Waals surface area contributed by atoms with E-state index in [0.717, 1.165) is 48.5 Å². The van der Waals surface area contributed by atoms with Gasteiger partial charge < -0.3 is 14.7 Å². The van der Waals surface area contributed by atoms with Crippen LogP contribution in [0.5, 0.6) is 0 Å². The van der Waals surface area contributed by atoms with Gasteiger partial charge >= 0.3 is 0 Å². The molecule has 0 radical (unpaired) electrons. The van der Waals surface area contributed by atoms with Crippen molar-refractivity contribution in [3.05, 3.63) is 54.2 Å². The molecular formula is C15H17N3O. The minimum absolute atomic E-state index is 0.785. The molecule has 4 nitrogen and oxygen atoms in total. The van der Waals surface area contributed by atoms with Gasteiger partial charge in [0.1, 0.15) is 11.6 Å². The molecule has 0 aliphatic heterocycles. The minimum atomic E-state index is 0.785. The highest BCUT2D eigenvalue weighted by Crippen LogP contribution is 2.11. The number of nitrogens with one attached hydrogen (secondary N) is 2. The number of furan rings is 1. The molecule has 4 heteroatoms. The Morgan fingerprint density at radius 2 is 2.11 bits per heavy atom. The van der Waals surface area contributed by atoms with E-state index in [4.69, 9.17) is 4.42 Å². The molecule has 0 saturated heterocycles. The summed E-state index contributed by atoms with van der Waals surface area (Å²) in [6.07, 6.45) is 3.71. The van der Waals surface area contributed by atoms with Crippen LogP contribution in [0, 0.1) is 0 Å². The van der Waals surface area contributed by atoms with Crippen LogP contribution in [0.1, 0.15) is 18.0 Å².